The van der Waals surface area contributed by atoms with Gasteiger partial charge in [0.25, 0.3) is 0 Å². The fourth-order valence-electron chi connectivity index (χ4n) is 2.86. The van der Waals surface area contributed by atoms with Gasteiger partial charge in [0.1, 0.15) is 0 Å². The van der Waals surface area contributed by atoms with Crippen molar-refractivity contribution in [2.45, 2.75) is 90.1 Å². The molecule has 1 aliphatic rings. The van der Waals surface area contributed by atoms with Crippen molar-refractivity contribution in [3.63, 3.8) is 0 Å². The molecule has 1 fully saturated rings. The van der Waals surface area contributed by atoms with Crippen LogP contribution in [0.4, 0.5) is 0 Å². The van der Waals surface area contributed by atoms with Gasteiger partial charge in [-0.2, -0.15) is 0 Å². The third kappa shape index (κ3) is 5.25. The fourth-order valence-corrected chi connectivity index (χ4v) is 2.86. The van der Waals surface area contributed by atoms with Gasteiger partial charge >= 0.3 is 0 Å². The number of allylic oxidation sites excluding steroid dienone is 1. The highest BCUT2D eigenvalue weighted by Crippen LogP contribution is 2.30. The zero-order valence-corrected chi connectivity index (χ0v) is 11.8. The van der Waals surface area contributed by atoms with Gasteiger partial charge in [-0.1, -0.05) is 63.9 Å². The number of hydrogen-bond acceptors (Lipinski definition) is 1. The lowest BCUT2D eigenvalue weighted by Crippen LogP contribution is -2.30. The van der Waals surface area contributed by atoms with E-state index in [1.165, 1.54) is 63.4 Å². The topological polar surface area (TPSA) is 20.2 Å². The van der Waals surface area contributed by atoms with Crippen LogP contribution in [0.1, 0.15) is 84.5 Å². The quantitative estimate of drug-likeness (QED) is 0.638. The predicted octanol–water partition coefficient (Wildman–Crippen LogP) is 4.99. The first-order valence-corrected chi connectivity index (χ1v) is 7.55. The van der Waals surface area contributed by atoms with E-state index in [2.05, 4.69) is 13.0 Å². The molecule has 0 aromatic rings. The van der Waals surface area contributed by atoms with Gasteiger partial charge in [-0.05, 0) is 32.3 Å². The number of rotatable bonds is 1. The molecule has 0 radical (unpaired) electrons. The Balaban J connectivity index is 2.53. The summed E-state index contributed by atoms with van der Waals surface area (Å²) >= 11 is 0. The van der Waals surface area contributed by atoms with E-state index in [0.29, 0.717) is 0 Å². The first-order chi connectivity index (χ1) is 8.19. The third-order valence-corrected chi connectivity index (χ3v) is 4.35. The van der Waals surface area contributed by atoms with Crippen LogP contribution in [0.5, 0.6) is 0 Å². The van der Waals surface area contributed by atoms with E-state index in [1.807, 2.05) is 6.92 Å². The van der Waals surface area contributed by atoms with Crippen LogP contribution in [0, 0.1) is 0 Å². The Morgan fingerprint density at radius 1 is 0.824 bits per heavy atom. The summed E-state index contributed by atoms with van der Waals surface area (Å²) in [7, 11) is 0. The average Bonchev–Trinajstić information content (AvgIpc) is 2.32. The summed E-state index contributed by atoms with van der Waals surface area (Å²) in [6, 6.07) is 0. The molecule has 0 bridgehead atoms. The smallest absolute Gasteiger partial charge is 0.0854 e. The van der Waals surface area contributed by atoms with E-state index < -0.39 is 5.60 Å². The summed E-state index contributed by atoms with van der Waals surface area (Å²) in [6.07, 6.45) is 15.9. The molecule has 0 unspecified atom stereocenters. The standard InChI is InChI=1S/C16H30O/c1-3-15(2)16(17)13-11-9-7-5-4-6-8-10-12-14-16/h3,17H,4-14H2,1-2H3/b15-3+. The molecule has 1 aliphatic carbocycles. The Labute approximate surface area is 107 Å². The maximum Gasteiger partial charge on any atom is 0.0854 e. The maximum absolute atomic E-state index is 10.8. The van der Waals surface area contributed by atoms with Crippen LogP contribution in [0.15, 0.2) is 11.6 Å². The van der Waals surface area contributed by atoms with E-state index in [1.54, 1.807) is 0 Å². The van der Waals surface area contributed by atoms with Crippen LogP contribution in [-0.4, -0.2) is 10.7 Å². The molecule has 0 atom stereocenters. The lowest BCUT2D eigenvalue weighted by molar-refractivity contribution is 0.0537. The minimum absolute atomic E-state index is 0.506. The van der Waals surface area contributed by atoms with E-state index in [0.717, 1.165) is 12.8 Å². The molecule has 0 saturated heterocycles. The minimum Gasteiger partial charge on any atom is -0.386 e. The second-order valence-corrected chi connectivity index (χ2v) is 5.69. The van der Waals surface area contributed by atoms with E-state index in [9.17, 15) is 5.11 Å². The molecule has 0 aromatic heterocycles. The summed E-state index contributed by atoms with van der Waals surface area (Å²) in [5.74, 6) is 0. The highest BCUT2D eigenvalue weighted by molar-refractivity contribution is 5.12. The van der Waals surface area contributed by atoms with Gasteiger partial charge < -0.3 is 5.11 Å². The molecule has 1 saturated carbocycles. The zero-order valence-electron chi connectivity index (χ0n) is 11.8. The number of aliphatic hydroxyl groups is 1. The molecule has 0 aliphatic heterocycles. The lowest BCUT2D eigenvalue weighted by atomic mass is 9.83. The van der Waals surface area contributed by atoms with Crippen molar-refractivity contribution in [2.75, 3.05) is 0 Å². The molecular formula is C16H30O. The molecule has 0 heterocycles. The van der Waals surface area contributed by atoms with Crippen molar-refractivity contribution < 1.29 is 5.11 Å². The maximum atomic E-state index is 10.8. The van der Waals surface area contributed by atoms with Crippen LogP contribution in [0.25, 0.3) is 0 Å². The molecule has 0 aromatic carbocycles. The largest absolute Gasteiger partial charge is 0.386 e. The summed E-state index contributed by atoms with van der Waals surface area (Å²) in [6.45, 7) is 4.13. The second-order valence-electron chi connectivity index (χ2n) is 5.69. The molecule has 100 valence electrons. The van der Waals surface area contributed by atoms with Crippen molar-refractivity contribution >= 4 is 0 Å². The predicted molar refractivity (Wildman–Crippen MR) is 75.2 cm³/mol. The van der Waals surface area contributed by atoms with Crippen LogP contribution in [-0.2, 0) is 0 Å². The van der Waals surface area contributed by atoms with Crippen molar-refractivity contribution in [2.24, 2.45) is 0 Å². The molecule has 1 nitrogen and oxygen atoms in total. The lowest BCUT2D eigenvalue weighted by Gasteiger charge is -2.30. The fraction of sp³-hybridized carbons (Fsp3) is 0.875. The molecule has 1 rings (SSSR count). The highest BCUT2D eigenvalue weighted by atomic mass is 16.3. The Morgan fingerprint density at radius 2 is 1.18 bits per heavy atom. The molecule has 0 amide bonds. The Hall–Kier alpha value is -0.300. The van der Waals surface area contributed by atoms with Crippen molar-refractivity contribution in [3.05, 3.63) is 11.6 Å². The van der Waals surface area contributed by atoms with Gasteiger partial charge in [0.05, 0.1) is 5.60 Å². The summed E-state index contributed by atoms with van der Waals surface area (Å²) in [4.78, 5) is 0. The van der Waals surface area contributed by atoms with Crippen molar-refractivity contribution in [1.29, 1.82) is 0 Å². The molecule has 1 N–H and O–H groups in total. The third-order valence-electron chi connectivity index (χ3n) is 4.35. The minimum atomic E-state index is -0.506. The second kappa shape index (κ2) is 7.92. The van der Waals surface area contributed by atoms with Gasteiger partial charge in [0.15, 0.2) is 0 Å². The van der Waals surface area contributed by atoms with Crippen LogP contribution in [0.2, 0.25) is 0 Å². The van der Waals surface area contributed by atoms with Gasteiger partial charge in [-0.3, -0.25) is 0 Å². The first kappa shape index (κ1) is 14.8. The summed E-state index contributed by atoms with van der Waals surface area (Å²) < 4.78 is 0. The Bertz CT molecular complexity index is 218. The SMILES string of the molecule is C/C=C(\C)C1(O)CCCCCCCCCCC1. The van der Waals surface area contributed by atoms with Crippen LogP contribution in [0.3, 0.4) is 0 Å². The molecule has 1 heteroatoms. The first-order valence-electron chi connectivity index (χ1n) is 7.55. The van der Waals surface area contributed by atoms with Gasteiger partial charge in [0, 0.05) is 0 Å². The van der Waals surface area contributed by atoms with E-state index >= 15 is 0 Å². The van der Waals surface area contributed by atoms with Gasteiger partial charge in [-0.25, -0.2) is 0 Å². The van der Waals surface area contributed by atoms with Gasteiger partial charge in [0.2, 0.25) is 0 Å². The summed E-state index contributed by atoms with van der Waals surface area (Å²) in [5, 5.41) is 10.8. The molecule has 17 heavy (non-hydrogen) atoms. The average molecular weight is 238 g/mol. The van der Waals surface area contributed by atoms with Crippen LogP contribution >= 0.6 is 0 Å². The monoisotopic (exact) mass is 238 g/mol. The Morgan fingerprint density at radius 3 is 1.53 bits per heavy atom. The number of hydrogen-bond donors (Lipinski definition) is 1. The molecular weight excluding hydrogens is 208 g/mol. The van der Waals surface area contributed by atoms with Crippen molar-refractivity contribution in [1.82, 2.24) is 0 Å². The summed E-state index contributed by atoms with van der Waals surface area (Å²) in [5.41, 5.74) is 0.670. The zero-order chi connectivity index (χ0) is 12.6. The highest BCUT2D eigenvalue weighted by Gasteiger charge is 2.27. The van der Waals surface area contributed by atoms with E-state index in [4.69, 9.17) is 0 Å². The van der Waals surface area contributed by atoms with Crippen molar-refractivity contribution in [3.8, 4) is 0 Å². The Kier molecular flexibility index (Phi) is 6.87. The van der Waals surface area contributed by atoms with E-state index in [-0.39, 0.29) is 0 Å². The van der Waals surface area contributed by atoms with Crippen LogP contribution < -0.4 is 0 Å². The molecule has 0 spiro atoms. The normalized spacial score (nSPS) is 24.8. The van der Waals surface area contributed by atoms with Gasteiger partial charge in [-0.15, -0.1) is 0 Å².